The highest BCUT2D eigenvalue weighted by Crippen LogP contribution is 2.27. The minimum atomic E-state index is -1.24. The monoisotopic (exact) mass is 140 g/mol. The van der Waals surface area contributed by atoms with Crippen molar-refractivity contribution in [2.75, 3.05) is 0 Å². The van der Waals surface area contributed by atoms with Gasteiger partial charge in [0.25, 0.3) is 0 Å². The van der Waals surface area contributed by atoms with Crippen molar-refractivity contribution in [1.82, 2.24) is 0 Å². The lowest BCUT2D eigenvalue weighted by atomic mass is 9.83. The van der Waals surface area contributed by atoms with Crippen LogP contribution in [0.25, 0.3) is 0 Å². The molecule has 2 heteroatoms. The Morgan fingerprint density at radius 1 is 1.50 bits per heavy atom. The lowest BCUT2D eigenvalue weighted by Crippen LogP contribution is -2.43. The molecule has 0 bridgehead atoms. The number of rotatable bonds is 0. The van der Waals surface area contributed by atoms with E-state index in [1.165, 1.54) is 0 Å². The zero-order chi connectivity index (χ0) is 7.61. The summed E-state index contributed by atoms with van der Waals surface area (Å²) in [5.41, 5.74) is -1.24. The molecule has 1 fully saturated rings. The highest BCUT2D eigenvalue weighted by molar-refractivity contribution is 5.12. The number of aliphatic hydroxyl groups is 2. The molecule has 0 heterocycles. The average molecular weight is 140 g/mol. The summed E-state index contributed by atoms with van der Waals surface area (Å²) in [5, 5.41) is 18.7. The molecule has 0 aliphatic heterocycles. The summed E-state index contributed by atoms with van der Waals surface area (Å²) in [4.78, 5) is 0. The van der Waals surface area contributed by atoms with Crippen LogP contribution in [0, 0.1) is 12.3 Å². The van der Waals surface area contributed by atoms with Gasteiger partial charge in [0, 0.05) is 0 Å². The van der Waals surface area contributed by atoms with Gasteiger partial charge in [-0.2, -0.15) is 0 Å². The van der Waals surface area contributed by atoms with Gasteiger partial charge >= 0.3 is 0 Å². The lowest BCUT2D eigenvalue weighted by Gasteiger charge is -2.31. The third-order valence-corrected chi connectivity index (χ3v) is 2.09. The van der Waals surface area contributed by atoms with Crippen LogP contribution in [-0.4, -0.2) is 21.9 Å². The molecule has 0 radical (unpaired) electrons. The van der Waals surface area contributed by atoms with E-state index in [4.69, 9.17) is 6.42 Å². The van der Waals surface area contributed by atoms with E-state index >= 15 is 0 Å². The quantitative estimate of drug-likeness (QED) is 0.475. The smallest absolute Gasteiger partial charge is 0.150 e. The van der Waals surface area contributed by atoms with Crippen LogP contribution in [0.15, 0.2) is 0 Å². The highest BCUT2D eigenvalue weighted by atomic mass is 16.3. The van der Waals surface area contributed by atoms with Crippen LogP contribution in [0.3, 0.4) is 0 Å². The van der Waals surface area contributed by atoms with Gasteiger partial charge in [0.15, 0.2) is 5.60 Å². The number of hydrogen-bond acceptors (Lipinski definition) is 2. The fraction of sp³-hybridized carbons (Fsp3) is 0.750. The summed E-state index contributed by atoms with van der Waals surface area (Å²) in [7, 11) is 0. The molecule has 1 aliphatic rings. The Hall–Kier alpha value is -0.520. The van der Waals surface area contributed by atoms with Gasteiger partial charge in [-0.05, 0) is 19.3 Å². The highest BCUT2D eigenvalue weighted by Gasteiger charge is 2.35. The first kappa shape index (κ1) is 7.59. The van der Waals surface area contributed by atoms with Crippen molar-refractivity contribution in [3.63, 3.8) is 0 Å². The van der Waals surface area contributed by atoms with Gasteiger partial charge in [0.2, 0.25) is 0 Å². The number of terminal acetylenes is 1. The SMILES string of the molecule is C#C[C@]1(O)CCCC[C@@H]1O. The molecular formula is C8H12O2. The Labute approximate surface area is 60.9 Å². The normalized spacial score (nSPS) is 40.7. The summed E-state index contributed by atoms with van der Waals surface area (Å²) in [6.45, 7) is 0. The molecular weight excluding hydrogens is 128 g/mol. The third-order valence-electron chi connectivity index (χ3n) is 2.09. The van der Waals surface area contributed by atoms with E-state index in [1.807, 2.05) is 0 Å². The molecule has 0 aromatic heterocycles. The zero-order valence-electron chi connectivity index (χ0n) is 5.88. The van der Waals surface area contributed by atoms with Crippen molar-refractivity contribution in [2.24, 2.45) is 0 Å². The first-order chi connectivity index (χ1) is 4.69. The van der Waals surface area contributed by atoms with Crippen LogP contribution in [0.2, 0.25) is 0 Å². The maximum atomic E-state index is 9.46. The Kier molecular flexibility index (Phi) is 1.98. The van der Waals surface area contributed by atoms with Crippen molar-refractivity contribution < 1.29 is 10.2 Å². The van der Waals surface area contributed by atoms with Crippen LogP contribution < -0.4 is 0 Å². The van der Waals surface area contributed by atoms with E-state index in [-0.39, 0.29) is 0 Å². The van der Waals surface area contributed by atoms with E-state index in [1.54, 1.807) is 0 Å². The topological polar surface area (TPSA) is 40.5 Å². The zero-order valence-corrected chi connectivity index (χ0v) is 5.88. The first-order valence-electron chi connectivity index (χ1n) is 3.57. The Bertz CT molecular complexity index is 159. The summed E-state index contributed by atoms with van der Waals surface area (Å²) in [6.07, 6.45) is 7.39. The molecule has 10 heavy (non-hydrogen) atoms. The third kappa shape index (κ3) is 1.16. The lowest BCUT2D eigenvalue weighted by molar-refractivity contribution is -0.0583. The van der Waals surface area contributed by atoms with E-state index in [0.717, 1.165) is 12.8 Å². The van der Waals surface area contributed by atoms with Gasteiger partial charge in [0.05, 0.1) is 6.10 Å². The van der Waals surface area contributed by atoms with Gasteiger partial charge in [-0.3, -0.25) is 0 Å². The van der Waals surface area contributed by atoms with E-state index in [0.29, 0.717) is 12.8 Å². The Morgan fingerprint density at radius 3 is 2.60 bits per heavy atom. The average Bonchev–Trinajstić information content (AvgIpc) is 1.96. The predicted molar refractivity (Wildman–Crippen MR) is 38.3 cm³/mol. The molecule has 2 nitrogen and oxygen atoms in total. The first-order valence-corrected chi connectivity index (χ1v) is 3.57. The van der Waals surface area contributed by atoms with Crippen molar-refractivity contribution >= 4 is 0 Å². The van der Waals surface area contributed by atoms with Crippen molar-refractivity contribution in [2.45, 2.75) is 37.4 Å². The summed E-state index contributed by atoms with van der Waals surface area (Å²) in [6, 6.07) is 0. The molecule has 1 saturated carbocycles. The van der Waals surface area contributed by atoms with Gasteiger partial charge in [0.1, 0.15) is 0 Å². The van der Waals surface area contributed by atoms with Crippen molar-refractivity contribution in [1.29, 1.82) is 0 Å². The van der Waals surface area contributed by atoms with Crippen LogP contribution in [0.5, 0.6) is 0 Å². The fourth-order valence-corrected chi connectivity index (χ4v) is 1.31. The van der Waals surface area contributed by atoms with Crippen LogP contribution in [0.1, 0.15) is 25.7 Å². The molecule has 0 unspecified atom stereocenters. The molecule has 56 valence electrons. The largest absolute Gasteiger partial charge is 0.389 e. The summed E-state index contributed by atoms with van der Waals surface area (Å²) < 4.78 is 0. The summed E-state index contributed by atoms with van der Waals surface area (Å²) in [5.74, 6) is 2.24. The van der Waals surface area contributed by atoms with E-state index in [2.05, 4.69) is 5.92 Å². The van der Waals surface area contributed by atoms with Crippen molar-refractivity contribution in [3.8, 4) is 12.3 Å². The summed E-state index contributed by atoms with van der Waals surface area (Å²) >= 11 is 0. The second-order valence-corrected chi connectivity index (χ2v) is 2.83. The second kappa shape index (κ2) is 2.61. The fourth-order valence-electron chi connectivity index (χ4n) is 1.31. The Balaban J connectivity index is 2.65. The van der Waals surface area contributed by atoms with Crippen molar-refractivity contribution in [3.05, 3.63) is 0 Å². The van der Waals surface area contributed by atoms with Crippen LogP contribution in [0.4, 0.5) is 0 Å². The number of aliphatic hydroxyl groups excluding tert-OH is 1. The maximum absolute atomic E-state index is 9.46. The molecule has 2 N–H and O–H groups in total. The standard InChI is InChI=1S/C8H12O2/c1-2-8(10)6-4-3-5-7(8)9/h1,7,9-10H,3-6H2/t7-,8-/m0/s1. The second-order valence-electron chi connectivity index (χ2n) is 2.83. The number of hydrogen-bond donors (Lipinski definition) is 2. The molecule has 0 aromatic carbocycles. The molecule has 0 amide bonds. The molecule has 0 saturated heterocycles. The van der Waals surface area contributed by atoms with E-state index in [9.17, 15) is 10.2 Å². The maximum Gasteiger partial charge on any atom is 0.150 e. The molecule has 2 atom stereocenters. The molecule has 1 aliphatic carbocycles. The van der Waals surface area contributed by atoms with Crippen LogP contribution >= 0.6 is 0 Å². The van der Waals surface area contributed by atoms with Gasteiger partial charge in [-0.1, -0.05) is 12.3 Å². The predicted octanol–water partition coefficient (Wildman–Crippen LogP) is 0.286. The van der Waals surface area contributed by atoms with Gasteiger partial charge < -0.3 is 10.2 Å². The molecule has 0 aromatic rings. The minimum absolute atomic E-state index is 0.532. The molecule has 1 rings (SSSR count). The van der Waals surface area contributed by atoms with E-state index < -0.39 is 11.7 Å². The Morgan fingerprint density at radius 2 is 2.20 bits per heavy atom. The van der Waals surface area contributed by atoms with Crippen LogP contribution in [-0.2, 0) is 0 Å². The van der Waals surface area contributed by atoms with Gasteiger partial charge in [-0.15, -0.1) is 6.42 Å². The molecule has 0 spiro atoms. The minimum Gasteiger partial charge on any atom is -0.389 e. The van der Waals surface area contributed by atoms with Gasteiger partial charge in [-0.25, -0.2) is 0 Å².